The van der Waals surface area contributed by atoms with Gasteiger partial charge in [-0.3, -0.25) is 9.36 Å². The Hall–Kier alpha value is -2.82. The summed E-state index contributed by atoms with van der Waals surface area (Å²) >= 11 is 0. The number of carbonyl (C=O) groups is 1. The molecule has 1 heterocycles. The fourth-order valence-corrected chi connectivity index (χ4v) is 2.65. The molecule has 0 saturated carbocycles. The standard InChI is InChI=1S/C18H18N2O3/c1-4-20-15-10-13(6-8-16(15)23-18(20)22)17(21)19-14-7-5-11(2)9-12(14)3/h5-10H,4H2,1-3H3,(H,19,21). The fraction of sp³-hybridized carbons (Fsp3) is 0.222. The van der Waals surface area contributed by atoms with Crippen LogP contribution in [-0.4, -0.2) is 10.5 Å². The number of rotatable bonds is 3. The quantitative estimate of drug-likeness (QED) is 0.805. The van der Waals surface area contributed by atoms with Crippen LogP contribution >= 0.6 is 0 Å². The molecule has 1 amide bonds. The van der Waals surface area contributed by atoms with Gasteiger partial charge in [0.05, 0.1) is 5.52 Å². The number of nitrogens with one attached hydrogen (secondary N) is 1. The summed E-state index contributed by atoms with van der Waals surface area (Å²) in [6.07, 6.45) is 0. The number of benzene rings is 2. The third-order valence-corrected chi connectivity index (χ3v) is 3.88. The van der Waals surface area contributed by atoms with E-state index in [1.165, 1.54) is 4.57 Å². The van der Waals surface area contributed by atoms with Crippen LogP contribution in [0.3, 0.4) is 0 Å². The van der Waals surface area contributed by atoms with Crippen molar-refractivity contribution in [1.29, 1.82) is 0 Å². The summed E-state index contributed by atoms with van der Waals surface area (Å²) in [5.74, 6) is -0.621. The van der Waals surface area contributed by atoms with Gasteiger partial charge in [0.1, 0.15) is 0 Å². The third-order valence-electron chi connectivity index (χ3n) is 3.88. The number of carbonyl (C=O) groups excluding carboxylic acids is 1. The minimum atomic E-state index is -0.408. The van der Waals surface area contributed by atoms with Gasteiger partial charge in [-0.15, -0.1) is 0 Å². The molecule has 0 fully saturated rings. The monoisotopic (exact) mass is 310 g/mol. The molecule has 5 nitrogen and oxygen atoms in total. The second-order valence-corrected chi connectivity index (χ2v) is 5.57. The molecule has 2 aromatic carbocycles. The zero-order valence-electron chi connectivity index (χ0n) is 13.3. The molecule has 0 saturated heterocycles. The van der Waals surface area contributed by atoms with Crippen LogP contribution in [0.1, 0.15) is 28.4 Å². The zero-order chi connectivity index (χ0) is 16.6. The Labute approximate surface area is 133 Å². The minimum Gasteiger partial charge on any atom is -0.408 e. The molecule has 1 N–H and O–H groups in total. The highest BCUT2D eigenvalue weighted by molar-refractivity contribution is 6.06. The van der Waals surface area contributed by atoms with Crippen molar-refractivity contribution in [2.75, 3.05) is 5.32 Å². The normalized spacial score (nSPS) is 10.9. The lowest BCUT2D eigenvalue weighted by Crippen LogP contribution is -2.14. The number of nitrogens with zero attached hydrogens (tertiary/aromatic N) is 1. The number of oxazole rings is 1. The maximum absolute atomic E-state index is 12.5. The number of hydrogen-bond acceptors (Lipinski definition) is 3. The van der Waals surface area contributed by atoms with E-state index in [2.05, 4.69) is 5.32 Å². The molecule has 0 radical (unpaired) electrons. The molecule has 1 aromatic heterocycles. The van der Waals surface area contributed by atoms with Gasteiger partial charge in [-0.1, -0.05) is 17.7 Å². The molecule has 0 unspecified atom stereocenters. The zero-order valence-corrected chi connectivity index (χ0v) is 13.3. The number of amides is 1. The van der Waals surface area contributed by atoms with Gasteiger partial charge >= 0.3 is 5.76 Å². The van der Waals surface area contributed by atoms with E-state index in [1.54, 1.807) is 18.2 Å². The Bertz CT molecular complexity index is 951. The fourth-order valence-electron chi connectivity index (χ4n) is 2.65. The first-order chi connectivity index (χ1) is 11.0. The molecule has 0 aliphatic rings. The molecular formula is C18H18N2O3. The molecule has 5 heteroatoms. The lowest BCUT2D eigenvalue weighted by molar-refractivity contribution is 0.102. The van der Waals surface area contributed by atoms with Gasteiger partial charge in [0.15, 0.2) is 5.58 Å². The Kier molecular flexibility index (Phi) is 3.78. The predicted octanol–water partition coefficient (Wildman–Crippen LogP) is 3.48. The van der Waals surface area contributed by atoms with E-state index < -0.39 is 5.76 Å². The number of aromatic nitrogens is 1. The highest BCUT2D eigenvalue weighted by atomic mass is 16.4. The van der Waals surface area contributed by atoms with Crippen molar-refractivity contribution < 1.29 is 9.21 Å². The number of fused-ring (bicyclic) bond motifs is 1. The van der Waals surface area contributed by atoms with Crippen molar-refractivity contribution >= 4 is 22.7 Å². The molecule has 3 aromatic rings. The van der Waals surface area contributed by atoms with E-state index in [-0.39, 0.29) is 5.91 Å². The van der Waals surface area contributed by atoms with E-state index >= 15 is 0 Å². The first-order valence-electron chi connectivity index (χ1n) is 7.51. The number of hydrogen-bond donors (Lipinski definition) is 1. The second-order valence-electron chi connectivity index (χ2n) is 5.57. The van der Waals surface area contributed by atoms with Crippen molar-refractivity contribution in [2.24, 2.45) is 0 Å². The van der Waals surface area contributed by atoms with Gasteiger partial charge in [0.25, 0.3) is 5.91 Å². The Morgan fingerprint density at radius 1 is 1.17 bits per heavy atom. The summed E-state index contributed by atoms with van der Waals surface area (Å²) < 4.78 is 6.65. The first kappa shape index (κ1) is 15.1. The maximum Gasteiger partial charge on any atom is 0.419 e. The maximum atomic E-state index is 12.5. The molecule has 0 atom stereocenters. The summed E-state index contributed by atoms with van der Waals surface area (Å²) in [4.78, 5) is 24.2. The van der Waals surface area contributed by atoms with Crippen LogP contribution in [0.4, 0.5) is 5.69 Å². The molecule has 0 aliphatic heterocycles. The van der Waals surface area contributed by atoms with Gasteiger partial charge in [-0.2, -0.15) is 0 Å². The van der Waals surface area contributed by atoms with Crippen molar-refractivity contribution in [3.05, 3.63) is 63.6 Å². The van der Waals surface area contributed by atoms with Crippen LogP contribution < -0.4 is 11.1 Å². The molecule has 3 rings (SSSR count). The van der Waals surface area contributed by atoms with Gasteiger partial charge in [-0.25, -0.2) is 4.79 Å². The van der Waals surface area contributed by atoms with Gasteiger partial charge in [0.2, 0.25) is 0 Å². The summed E-state index contributed by atoms with van der Waals surface area (Å²) in [6.45, 7) is 6.32. The SMILES string of the molecule is CCn1c(=O)oc2ccc(C(=O)Nc3ccc(C)cc3C)cc21. The highest BCUT2D eigenvalue weighted by Crippen LogP contribution is 2.19. The average Bonchev–Trinajstić information content (AvgIpc) is 2.84. The lowest BCUT2D eigenvalue weighted by atomic mass is 10.1. The van der Waals surface area contributed by atoms with Crippen LogP contribution in [0, 0.1) is 13.8 Å². The molecule has 118 valence electrons. The summed E-state index contributed by atoms with van der Waals surface area (Å²) in [6, 6.07) is 10.9. The minimum absolute atomic E-state index is 0.213. The summed E-state index contributed by atoms with van der Waals surface area (Å²) in [5, 5.41) is 2.91. The molecule has 0 spiro atoms. The van der Waals surface area contributed by atoms with Crippen molar-refractivity contribution in [3.8, 4) is 0 Å². The first-order valence-corrected chi connectivity index (χ1v) is 7.51. The van der Waals surface area contributed by atoms with Crippen molar-refractivity contribution in [1.82, 2.24) is 4.57 Å². The highest BCUT2D eigenvalue weighted by Gasteiger charge is 2.13. The van der Waals surface area contributed by atoms with Crippen LogP contribution in [0.25, 0.3) is 11.1 Å². The van der Waals surface area contributed by atoms with Crippen molar-refractivity contribution in [2.45, 2.75) is 27.3 Å². The van der Waals surface area contributed by atoms with E-state index in [1.807, 2.05) is 39.0 Å². The van der Waals surface area contributed by atoms with E-state index in [9.17, 15) is 9.59 Å². The van der Waals surface area contributed by atoms with Crippen LogP contribution in [0.5, 0.6) is 0 Å². The summed E-state index contributed by atoms with van der Waals surface area (Å²) in [7, 11) is 0. The van der Waals surface area contributed by atoms with E-state index in [4.69, 9.17) is 4.42 Å². The molecular weight excluding hydrogens is 292 g/mol. The van der Waals surface area contributed by atoms with Crippen LogP contribution in [0.15, 0.2) is 45.6 Å². The van der Waals surface area contributed by atoms with Crippen LogP contribution in [-0.2, 0) is 6.54 Å². The number of aryl methyl sites for hydroxylation is 3. The Balaban J connectivity index is 1.96. The topological polar surface area (TPSA) is 64.2 Å². The van der Waals surface area contributed by atoms with Crippen molar-refractivity contribution in [3.63, 3.8) is 0 Å². The lowest BCUT2D eigenvalue weighted by Gasteiger charge is -2.09. The largest absolute Gasteiger partial charge is 0.419 e. The van der Waals surface area contributed by atoms with E-state index in [0.29, 0.717) is 23.2 Å². The Morgan fingerprint density at radius 2 is 1.96 bits per heavy atom. The van der Waals surface area contributed by atoms with Gasteiger partial charge in [-0.05, 0) is 50.6 Å². The molecule has 23 heavy (non-hydrogen) atoms. The van der Waals surface area contributed by atoms with Crippen LogP contribution in [0.2, 0.25) is 0 Å². The smallest absolute Gasteiger partial charge is 0.408 e. The van der Waals surface area contributed by atoms with Gasteiger partial charge < -0.3 is 9.73 Å². The second kappa shape index (κ2) is 5.76. The van der Waals surface area contributed by atoms with E-state index in [0.717, 1.165) is 16.8 Å². The number of anilines is 1. The third kappa shape index (κ3) is 2.77. The molecule has 0 bridgehead atoms. The average molecular weight is 310 g/mol. The van der Waals surface area contributed by atoms with Gasteiger partial charge in [0, 0.05) is 17.8 Å². The summed E-state index contributed by atoms with van der Waals surface area (Å²) in [5.41, 5.74) is 4.53. The predicted molar refractivity (Wildman–Crippen MR) is 90.0 cm³/mol. The molecule has 0 aliphatic carbocycles. The Morgan fingerprint density at radius 3 is 2.65 bits per heavy atom.